The molecule has 4 aromatic rings. The first-order chi connectivity index (χ1) is 15.6. The number of benzene rings is 2. The Hall–Kier alpha value is -3.99. The van der Waals surface area contributed by atoms with Crippen LogP contribution in [0.5, 0.6) is 0 Å². The smallest absolute Gasteiger partial charge is 0.416 e. The van der Waals surface area contributed by atoms with Gasteiger partial charge in [-0.3, -0.25) is 4.79 Å². The van der Waals surface area contributed by atoms with Crippen LogP contribution in [0.1, 0.15) is 26.3 Å². The molecule has 2 aromatic carbocycles. The Morgan fingerprint density at radius 1 is 1.09 bits per heavy atom. The van der Waals surface area contributed by atoms with E-state index in [4.69, 9.17) is 11.6 Å². The maximum absolute atomic E-state index is 14.3. The van der Waals surface area contributed by atoms with Gasteiger partial charge in [0.1, 0.15) is 5.56 Å². The topological polar surface area (TPSA) is 96.6 Å². The highest BCUT2D eigenvalue weighted by Gasteiger charge is 2.33. The number of carboxylic acids is 1. The van der Waals surface area contributed by atoms with E-state index in [0.29, 0.717) is 23.4 Å². The molecule has 4 rings (SSSR count). The van der Waals surface area contributed by atoms with Gasteiger partial charge in [0.15, 0.2) is 11.5 Å². The van der Waals surface area contributed by atoms with Crippen LogP contribution in [-0.4, -0.2) is 31.6 Å². The Kier molecular flexibility index (Phi) is 5.50. The van der Waals surface area contributed by atoms with Crippen LogP contribution < -0.4 is 5.32 Å². The zero-order chi connectivity index (χ0) is 23.9. The van der Waals surface area contributed by atoms with Gasteiger partial charge in [0.2, 0.25) is 0 Å². The summed E-state index contributed by atoms with van der Waals surface area (Å²) in [6.45, 7) is 0. The fourth-order valence-electron chi connectivity index (χ4n) is 3.13. The number of anilines is 1. The lowest BCUT2D eigenvalue weighted by molar-refractivity contribution is -0.137. The van der Waals surface area contributed by atoms with E-state index >= 15 is 0 Å². The standard InChI is InChI=1S/C21H11ClF4N4O3/c22-15-8-11(21(24,25)26)7-13(17(15)23)19(31)29-12-3-1-2-10(6-12)16-4-5-27-18-14(20(32)33)9-28-30(16)18/h1-9H,(H,29,31)(H,32,33). The van der Waals surface area contributed by atoms with E-state index in [1.165, 1.54) is 28.9 Å². The van der Waals surface area contributed by atoms with Gasteiger partial charge in [-0.1, -0.05) is 23.7 Å². The molecule has 0 spiro atoms. The Morgan fingerprint density at radius 2 is 1.85 bits per heavy atom. The zero-order valence-electron chi connectivity index (χ0n) is 16.2. The first-order valence-corrected chi connectivity index (χ1v) is 9.48. The maximum atomic E-state index is 14.3. The predicted molar refractivity (Wildman–Crippen MR) is 110 cm³/mol. The predicted octanol–water partition coefficient (Wildman–Crippen LogP) is 5.16. The normalized spacial score (nSPS) is 11.5. The molecule has 0 aliphatic heterocycles. The molecule has 33 heavy (non-hydrogen) atoms. The lowest BCUT2D eigenvalue weighted by Crippen LogP contribution is -2.16. The number of fused-ring (bicyclic) bond motifs is 1. The SMILES string of the molecule is O=C(Nc1cccc(-c2ccnc3c(C(=O)O)cnn23)c1)c1cc(C(F)(F)F)cc(Cl)c1F. The van der Waals surface area contributed by atoms with Gasteiger partial charge in [-0.2, -0.15) is 18.3 Å². The molecule has 168 valence electrons. The number of carbonyl (C=O) groups is 2. The quantitative estimate of drug-likeness (QED) is 0.395. The van der Waals surface area contributed by atoms with Gasteiger partial charge in [-0.05, 0) is 30.3 Å². The second-order valence-electron chi connectivity index (χ2n) is 6.78. The molecule has 0 saturated heterocycles. The van der Waals surface area contributed by atoms with E-state index in [9.17, 15) is 32.3 Å². The summed E-state index contributed by atoms with van der Waals surface area (Å²) in [6.07, 6.45) is -2.30. The van der Waals surface area contributed by atoms with Crippen LogP contribution in [-0.2, 0) is 6.18 Å². The number of amides is 1. The van der Waals surface area contributed by atoms with Crippen molar-refractivity contribution in [3.63, 3.8) is 0 Å². The fourth-order valence-corrected chi connectivity index (χ4v) is 3.35. The lowest BCUT2D eigenvalue weighted by Gasteiger charge is -2.12. The summed E-state index contributed by atoms with van der Waals surface area (Å²) in [5, 5.41) is 14.8. The highest BCUT2D eigenvalue weighted by Crippen LogP contribution is 2.34. The Balaban J connectivity index is 1.70. The van der Waals surface area contributed by atoms with Crippen molar-refractivity contribution in [2.24, 2.45) is 0 Å². The van der Waals surface area contributed by atoms with Crippen LogP contribution in [0.3, 0.4) is 0 Å². The van der Waals surface area contributed by atoms with Gasteiger partial charge < -0.3 is 10.4 Å². The second-order valence-corrected chi connectivity index (χ2v) is 7.19. The first kappa shape index (κ1) is 22.2. The largest absolute Gasteiger partial charge is 0.477 e. The average molecular weight is 479 g/mol. The molecule has 0 saturated carbocycles. The van der Waals surface area contributed by atoms with Crippen molar-refractivity contribution in [2.45, 2.75) is 6.18 Å². The van der Waals surface area contributed by atoms with Crippen molar-refractivity contribution in [3.8, 4) is 11.3 Å². The van der Waals surface area contributed by atoms with Crippen molar-refractivity contribution in [1.29, 1.82) is 0 Å². The van der Waals surface area contributed by atoms with E-state index in [2.05, 4.69) is 15.4 Å². The Bertz CT molecular complexity index is 1420. The van der Waals surface area contributed by atoms with Crippen molar-refractivity contribution in [3.05, 3.63) is 82.4 Å². The molecule has 1 amide bonds. The Morgan fingerprint density at radius 3 is 2.55 bits per heavy atom. The van der Waals surface area contributed by atoms with Gasteiger partial charge in [0, 0.05) is 17.4 Å². The number of carboxylic acid groups (broad SMARTS) is 1. The summed E-state index contributed by atoms with van der Waals surface area (Å²) in [7, 11) is 0. The molecule has 0 unspecified atom stereocenters. The minimum absolute atomic E-state index is 0.0927. The molecule has 2 aromatic heterocycles. The van der Waals surface area contributed by atoms with Gasteiger partial charge in [0.05, 0.1) is 28.0 Å². The third-order valence-corrected chi connectivity index (χ3v) is 4.92. The third-order valence-electron chi connectivity index (χ3n) is 4.65. The molecule has 0 atom stereocenters. The van der Waals surface area contributed by atoms with Gasteiger partial charge in [-0.25, -0.2) is 18.7 Å². The van der Waals surface area contributed by atoms with Crippen LogP contribution in [0.4, 0.5) is 23.2 Å². The number of hydrogen-bond acceptors (Lipinski definition) is 4. The van der Waals surface area contributed by atoms with Crippen LogP contribution >= 0.6 is 11.6 Å². The number of halogens is 5. The molecule has 0 aliphatic carbocycles. The summed E-state index contributed by atoms with van der Waals surface area (Å²) in [5.74, 6) is -3.63. The van der Waals surface area contributed by atoms with Crippen LogP contribution in [0.2, 0.25) is 5.02 Å². The van der Waals surface area contributed by atoms with E-state index in [1.54, 1.807) is 12.1 Å². The molecule has 2 heterocycles. The number of nitrogens with zero attached hydrogens (tertiary/aromatic N) is 3. The van der Waals surface area contributed by atoms with E-state index in [0.717, 1.165) is 6.20 Å². The highest BCUT2D eigenvalue weighted by molar-refractivity contribution is 6.31. The summed E-state index contributed by atoms with van der Waals surface area (Å²) < 4.78 is 54.7. The monoisotopic (exact) mass is 478 g/mol. The lowest BCUT2D eigenvalue weighted by atomic mass is 10.1. The third kappa shape index (κ3) is 4.22. The molecule has 0 aliphatic rings. The highest BCUT2D eigenvalue weighted by atomic mass is 35.5. The summed E-state index contributed by atoms with van der Waals surface area (Å²) in [4.78, 5) is 27.9. The van der Waals surface area contributed by atoms with Crippen molar-refractivity contribution < 1.29 is 32.3 Å². The first-order valence-electron chi connectivity index (χ1n) is 9.10. The van der Waals surface area contributed by atoms with Crippen LogP contribution in [0, 0.1) is 5.82 Å². The molecule has 12 heteroatoms. The molecule has 0 bridgehead atoms. The van der Waals surface area contributed by atoms with E-state index in [1.807, 2.05) is 0 Å². The Labute approximate surface area is 187 Å². The van der Waals surface area contributed by atoms with Crippen LogP contribution in [0.15, 0.2) is 54.9 Å². The zero-order valence-corrected chi connectivity index (χ0v) is 16.9. The molecule has 0 fully saturated rings. The van der Waals surface area contributed by atoms with Crippen molar-refractivity contribution >= 4 is 34.8 Å². The minimum Gasteiger partial charge on any atom is -0.477 e. The maximum Gasteiger partial charge on any atom is 0.416 e. The number of hydrogen-bond donors (Lipinski definition) is 2. The summed E-state index contributed by atoms with van der Waals surface area (Å²) >= 11 is 5.54. The fraction of sp³-hybridized carbons (Fsp3) is 0.0476. The number of rotatable bonds is 4. The molecular formula is C21H11ClF4N4O3. The van der Waals surface area contributed by atoms with Gasteiger partial charge in [0.25, 0.3) is 5.91 Å². The number of carbonyl (C=O) groups excluding carboxylic acids is 1. The van der Waals surface area contributed by atoms with Gasteiger partial charge >= 0.3 is 12.1 Å². The number of alkyl halides is 3. The van der Waals surface area contributed by atoms with E-state index < -0.39 is 40.0 Å². The molecular weight excluding hydrogens is 468 g/mol. The average Bonchev–Trinajstić information content (AvgIpc) is 3.19. The van der Waals surface area contributed by atoms with Crippen molar-refractivity contribution in [2.75, 3.05) is 5.32 Å². The summed E-state index contributed by atoms with van der Waals surface area (Å²) in [5.41, 5.74) is -1.11. The van der Waals surface area contributed by atoms with Gasteiger partial charge in [-0.15, -0.1) is 0 Å². The van der Waals surface area contributed by atoms with E-state index in [-0.39, 0.29) is 16.9 Å². The summed E-state index contributed by atoms with van der Waals surface area (Å²) in [6, 6.07) is 8.41. The van der Waals surface area contributed by atoms with Crippen molar-refractivity contribution in [1.82, 2.24) is 14.6 Å². The van der Waals surface area contributed by atoms with Crippen LogP contribution in [0.25, 0.3) is 16.9 Å². The molecule has 0 radical (unpaired) electrons. The second kappa shape index (κ2) is 8.17. The number of nitrogens with one attached hydrogen (secondary N) is 1. The molecule has 2 N–H and O–H groups in total. The minimum atomic E-state index is -4.82. The number of aromatic carboxylic acids is 1. The molecule has 7 nitrogen and oxygen atoms in total. The number of aromatic nitrogens is 3.